The van der Waals surface area contributed by atoms with Gasteiger partial charge < -0.3 is 0 Å². The van der Waals surface area contributed by atoms with Gasteiger partial charge in [-0.05, 0) is 53.3 Å². The van der Waals surface area contributed by atoms with Gasteiger partial charge in [0.1, 0.15) is 0 Å². The van der Waals surface area contributed by atoms with E-state index in [9.17, 15) is 4.79 Å². The Bertz CT molecular complexity index is 606. The molecule has 0 atom stereocenters. The lowest BCUT2D eigenvalue weighted by atomic mass is 10.2. The number of carbonyl (C=O) groups excluding carboxylic acids is 1. The van der Waals surface area contributed by atoms with Gasteiger partial charge in [0.05, 0.1) is 6.21 Å². The number of carbonyl (C=O) groups is 1. The zero-order valence-electron chi connectivity index (χ0n) is 10.4. The average Bonchev–Trinajstić information content (AvgIpc) is 2.41. The van der Waals surface area contributed by atoms with Gasteiger partial charge >= 0.3 is 0 Å². The van der Waals surface area contributed by atoms with Crippen LogP contribution in [0, 0.1) is 10.5 Å². The third kappa shape index (κ3) is 4.17. The van der Waals surface area contributed by atoms with E-state index in [4.69, 9.17) is 0 Å². The first kappa shape index (κ1) is 13.7. The first-order valence-electron chi connectivity index (χ1n) is 5.81. The van der Waals surface area contributed by atoms with E-state index in [-0.39, 0.29) is 5.91 Å². The van der Waals surface area contributed by atoms with E-state index in [0.717, 1.165) is 9.13 Å². The quantitative estimate of drug-likeness (QED) is 0.507. The molecule has 19 heavy (non-hydrogen) atoms. The number of amides is 1. The van der Waals surface area contributed by atoms with Crippen molar-refractivity contribution < 1.29 is 4.79 Å². The lowest BCUT2D eigenvalue weighted by molar-refractivity contribution is 0.0955. The summed E-state index contributed by atoms with van der Waals surface area (Å²) in [6.07, 6.45) is 1.63. The van der Waals surface area contributed by atoms with Crippen LogP contribution in [0.15, 0.2) is 53.6 Å². The highest BCUT2D eigenvalue weighted by atomic mass is 127. The van der Waals surface area contributed by atoms with Crippen molar-refractivity contribution in [1.82, 2.24) is 5.43 Å². The molecule has 3 nitrogen and oxygen atoms in total. The van der Waals surface area contributed by atoms with Crippen LogP contribution in [0.1, 0.15) is 21.5 Å². The van der Waals surface area contributed by atoms with Gasteiger partial charge in [-0.25, -0.2) is 5.43 Å². The van der Waals surface area contributed by atoms with Crippen molar-refractivity contribution in [3.8, 4) is 0 Å². The van der Waals surface area contributed by atoms with Gasteiger partial charge in [-0.15, -0.1) is 0 Å². The Morgan fingerprint density at radius 1 is 1.21 bits per heavy atom. The molecule has 2 aromatic rings. The molecule has 0 spiro atoms. The molecule has 0 aliphatic rings. The number of benzene rings is 2. The number of hydrogen-bond donors (Lipinski definition) is 1. The number of aryl methyl sites for hydroxylation is 1. The van der Waals surface area contributed by atoms with Crippen LogP contribution >= 0.6 is 22.6 Å². The number of rotatable bonds is 3. The van der Waals surface area contributed by atoms with Gasteiger partial charge in [0.15, 0.2) is 0 Å². The average molecular weight is 364 g/mol. The second kappa shape index (κ2) is 6.47. The molecule has 0 saturated carbocycles. The molecule has 0 saturated heterocycles. The Morgan fingerprint density at radius 2 is 1.95 bits per heavy atom. The highest BCUT2D eigenvalue weighted by Crippen LogP contribution is 2.07. The van der Waals surface area contributed by atoms with Crippen LogP contribution in [0.5, 0.6) is 0 Å². The van der Waals surface area contributed by atoms with E-state index in [1.807, 2.05) is 49.4 Å². The SMILES string of the molecule is Cc1ccc(/C=N\NC(=O)c2cccc(I)c2)cc1. The molecule has 1 amide bonds. The molecule has 0 radical (unpaired) electrons. The van der Waals surface area contributed by atoms with Crippen molar-refractivity contribution >= 4 is 34.7 Å². The smallest absolute Gasteiger partial charge is 0.267 e. The van der Waals surface area contributed by atoms with Crippen LogP contribution < -0.4 is 5.43 Å². The van der Waals surface area contributed by atoms with Crippen molar-refractivity contribution in [1.29, 1.82) is 0 Å². The number of nitrogens with one attached hydrogen (secondary N) is 1. The van der Waals surface area contributed by atoms with Crippen molar-refractivity contribution in [2.45, 2.75) is 6.92 Å². The molecule has 1 N–H and O–H groups in total. The molecule has 0 fully saturated rings. The number of hydrazone groups is 1. The molecular weight excluding hydrogens is 351 g/mol. The summed E-state index contributed by atoms with van der Waals surface area (Å²) in [7, 11) is 0. The maximum absolute atomic E-state index is 11.8. The monoisotopic (exact) mass is 364 g/mol. The molecule has 2 aromatic carbocycles. The molecule has 4 heteroatoms. The van der Waals surface area contributed by atoms with Crippen LogP contribution in [0.4, 0.5) is 0 Å². The summed E-state index contributed by atoms with van der Waals surface area (Å²) in [5.74, 6) is -0.207. The van der Waals surface area contributed by atoms with Crippen molar-refractivity contribution in [3.05, 3.63) is 68.8 Å². The summed E-state index contributed by atoms with van der Waals surface area (Å²) < 4.78 is 1.02. The van der Waals surface area contributed by atoms with Crippen LogP contribution in [0.2, 0.25) is 0 Å². The minimum atomic E-state index is -0.207. The Labute approximate surface area is 125 Å². The fraction of sp³-hybridized carbons (Fsp3) is 0.0667. The molecule has 0 aromatic heterocycles. The first-order valence-corrected chi connectivity index (χ1v) is 6.89. The largest absolute Gasteiger partial charge is 0.271 e. The Kier molecular flexibility index (Phi) is 4.68. The molecule has 0 aliphatic heterocycles. The number of hydrogen-bond acceptors (Lipinski definition) is 2. The van der Waals surface area contributed by atoms with E-state index < -0.39 is 0 Å². The van der Waals surface area contributed by atoms with E-state index in [1.54, 1.807) is 12.3 Å². The molecule has 0 heterocycles. The third-order valence-electron chi connectivity index (χ3n) is 2.54. The van der Waals surface area contributed by atoms with E-state index >= 15 is 0 Å². The summed E-state index contributed by atoms with van der Waals surface area (Å²) in [6, 6.07) is 15.3. The molecular formula is C15H13IN2O. The summed E-state index contributed by atoms with van der Waals surface area (Å²) in [5, 5.41) is 3.95. The van der Waals surface area contributed by atoms with E-state index in [1.165, 1.54) is 5.56 Å². The number of halogens is 1. The Morgan fingerprint density at radius 3 is 2.63 bits per heavy atom. The van der Waals surface area contributed by atoms with Gasteiger partial charge in [0, 0.05) is 9.13 Å². The second-order valence-electron chi connectivity index (χ2n) is 4.12. The van der Waals surface area contributed by atoms with Crippen molar-refractivity contribution in [2.24, 2.45) is 5.10 Å². The summed E-state index contributed by atoms with van der Waals surface area (Å²) in [4.78, 5) is 11.8. The minimum absolute atomic E-state index is 0.207. The maximum Gasteiger partial charge on any atom is 0.271 e. The molecule has 0 bridgehead atoms. The van der Waals surface area contributed by atoms with Crippen LogP contribution in [-0.2, 0) is 0 Å². The van der Waals surface area contributed by atoms with Crippen LogP contribution in [-0.4, -0.2) is 12.1 Å². The lowest BCUT2D eigenvalue weighted by Gasteiger charge is -2.00. The summed E-state index contributed by atoms with van der Waals surface area (Å²) in [5.41, 5.74) is 5.27. The highest BCUT2D eigenvalue weighted by Gasteiger charge is 2.03. The lowest BCUT2D eigenvalue weighted by Crippen LogP contribution is -2.17. The van der Waals surface area contributed by atoms with E-state index in [0.29, 0.717) is 5.56 Å². The zero-order chi connectivity index (χ0) is 13.7. The summed E-state index contributed by atoms with van der Waals surface area (Å²) >= 11 is 2.17. The second-order valence-corrected chi connectivity index (χ2v) is 5.37. The predicted molar refractivity (Wildman–Crippen MR) is 85.4 cm³/mol. The third-order valence-corrected chi connectivity index (χ3v) is 3.21. The predicted octanol–water partition coefficient (Wildman–Crippen LogP) is 3.36. The zero-order valence-corrected chi connectivity index (χ0v) is 12.6. The maximum atomic E-state index is 11.8. The van der Waals surface area contributed by atoms with E-state index in [2.05, 4.69) is 33.1 Å². The molecule has 2 rings (SSSR count). The van der Waals surface area contributed by atoms with Crippen LogP contribution in [0.25, 0.3) is 0 Å². The van der Waals surface area contributed by atoms with Gasteiger partial charge in [0.25, 0.3) is 5.91 Å². The number of nitrogens with zero attached hydrogens (tertiary/aromatic N) is 1. The minimum Gasteiger partial charge on any atom is -0.267 e. The Hall–Kier alpha value is -1.69. The molecule has 96 valence electrons. The standard InChI is InChI=1S/C15H13IN2O/c1-11-5-7-12(8-6-11)10-17-18-15(19)13-3-2-4-14(16)9-13/h2-10H,1H3,(H,18,19)/b17-10-. The Balaban J connectivity index is 1.98. The van der Waals surface area contributed by atoms with Gasteiger partial charge in [-0.3, -0.25) is 4.79 Å². The van der Waals surface area contributed by atoms with Crippen molar-refractivity contribution in [3.63, 3.8) is 0 Å². The fourth-order valence-electron chi connectivity index (χ4n) is 1.51. The van der Waals surface area contributed by atoms with Gasteiger partial charge in [0.2, 0.25) is 0 Å². The normalized spacial score (nSPS) is 10.6. The fourth-order valence-corrected chi connectivity index (χ4v) is 2.06. The highest BCUT2D eigenvalue weighted by molar-refractivity contribution is 14.1. The first-order chi connectivity index (χ1) is 9.15. The molecule has 0 aliphatic carbocycles. The summed E-state index contributed by atoms with van der Waals surface area (Å²) in [6.45, 7) is 2.03. The van der Waals surface area contributed by atoms with Crippen molar-refractivity contribution in [2.75, 3.05) is 0 Å². The molecule has 0 unspecified atom stereocenters. The topological polar surface area (TPSA) is 41.5 Å². The van der Waals surface area contributed by atoms with Crippen LogP contribution in [0.3, 0.4) is 0 Å². The van der Waals surface area contributed by atoms with Gasteiger partial charge in [-0.2, -0.15) is 5.10 Å². The van der Waals surface area contributed by atoms with Gasteiger partial charge in [-0.1, -0.05) is 35.9 Å².